The van der Waals surface area contributed by atoms with Crippen LogP contribution >= 0.6 is 0 Å². The lowest BCUT2D eigenvalue weighted by molar-refractivity contribution is -0.115. The van der Waals surface area contributed by atoms with Crippen LogP contribution in [-0.4, -0.2) is 27.6 Å². The Morgan fingerprint density at radius 3 is 2.73 bits per heavy atom. The van der Waals surface area contributed by atoms with Crippen LogP contribution in [-0.2, 0) is 11.2 Å². The van der Waals surface area contributed by atoms with E-state index in [1.807, 2.05) is 49.5 Å². The first-order valence-corrected chi connectivity index (χ1v) is 6.90. The predicted molar refractivity (Wildman–Crippen MR) is 83.1 cm³/mol. The topological polar surface area (TPSA) is 68.5 Å². The van der Waals surface area contributed by atoms with Gasteiger partial charge in [-0.2, -0.15) is 0 Å². The average Bonchev–Trinajstić information content (AvgIpc) is 2.90. The van der Waals surface area contributed by atoms with Gasteiger partial charge in [0, 0.05) is 6.20 Å². The number of pyridine rings is 1. The molecule has 0 saturated heterocycles. The molecule has 3 aromatic rings. The first-order valence-electron chi connectivity index (χ1n) is 6.90. The first kappa shape index (κ1) is 14.1. The summed E-state index contributed by atoms with van der Waals surface area (Å²) in [5.74, 6) is 1.05. The van der Waals surface area contributed by atoms with Crippen LogP contribution in [0.5, 0.6) is 5.75 Å². The second kappa shape index (κ2) is 5.85. The Morgan fingerprint density at radius 1 is 1.23 bits per heavy atom. The molecular formula is C16H16N4O2. The number of nitrogens with zero attached hydrogens (tertiary/aromatic N) is 3. The van der Waals surface area contributed by atoms with Gasteiger partial charge in [0.25, 0.3) is 0 Å². The molecule has 6 heteroatoms. The Labute approximate surface area is 127 Å². The number of methoxy groups -OCH3 is 1. The largest absolute Gasteiger partial charge is 0.497 e. The summed E-state index contributed by atoms with van der Waals surface area (Å²) < 4.78 is 6.84. The fraction of sp³-hybridized carbons (Fsp3) is 0.188. The molecule has 22 heavy (non-hydrogen) atoms. The van der Waals surface area contributed by atoms with Crippen molar-refractivity contribution in [1.29, 1.82) is 0 Å². The van der Waals surface area contributed by atoms with Gasteiger partial charge in [-0.05, 0) is 42.3 Å². The predicted octanol–water partition coefficient (Wildman–Crippen LogP) is 2.23. The number of rotatable bonds is 4. The van der Waals surface area contributed by atoms with E-state index in [-0.39, 0.29) is 12.3 Å². The van der Waals surface area contributed by atoms with Crippen LogP contribution in [0.15, 0.2) is 42.6 Å². The third-order valence-electron chi connectivity index (χ3n) is 3.34. The average molecular weight is 296 g/mol. The van der Waals surface area contributed by atoms with E-state index in [2.05, 4.69) is 15.5 Å². The lowest BCUT2D eigenvalue weighted by atomic mass is 10.1. The number of fused-ring (bicyclic) bond motifs is 1. The molecule has 6 nitrogen and oxygen atoms in total. The Hall–Kier alpha value is -2.89. The molecule has 0 aliphatic heterocycles. The second-order valence-electron chi connectivity index (χ2n) is 5.03. The molecule has 0 aliphatic rings. The van der Waals surface area contributed by atoms with Crippen molar-refractivity contribution in [3.63, 3.8) is 0 Å². The van der Waals surface area contributed by atoms with Crippen molar-refractivity contribution in [2.24, 2.45) is 0 Å². The van der Waals surface area contributed by atoms with Crippen LogP contribution < -0.4 is 10.1 Å². The minimum Gasteiger partial charge on any atom is -0.497 e. The van der Waals surface area contributed by atoms with E-state index in [4.69, 9.17) is 4.74 Å². The zero-order valence-electron chi connectivity index (χ0n) is 12.4. The van der Waals surface area contributed by atoms with E-state index in [1.54, 1.807) is 11.5 Å². The minimum atomic E-state index is -0.139. The summed E-state index contributed by atoms with van der Waals surface area (Å²) in [4.78, 5) is 12.1. The van der Waals surface area contributed by atoms with Crippen LogP contribution in [0.3, 0.4) is 0 Å². The molecule has 0 spiro atoms. The van der Waals surface area contributed by atoms with E-state index in [1.165, 1.54) is 0 Å². The number of carbonyl (C=O) groups is 1. The van der Waals surface area contributed by atoms with E-state index in [9.17, 15) is 4.79 Å². The minimum absolute atomic E-state index is 0.139. The van der Waals surface area contributed by atoms with Gasteiger partial charge in [-0.15, -0.1) is 10.2 Å². The Balaban J connectivity index is 1.72. The molecule has 0 atom stereocenters. The molecule has 1 N–H and O–H groups in total. The SMILES string of the molecule is COc1ccc(CC(=O)Nc2nnc3cc(C)ccn23)cc1. The fourth-order valence-corrected chi connectivity index (χ4v) is 2.18. The molecule has 1 amide bonds. The van der Waals surface area contributed by atoms with Crippen LogP contribution in [0.25, 0.3) is 5.65 Å². The number of ether oxygens (including phenoxy) is 1. The normalized spacial score (nSPS) is 10.6. The van der Waals surface area contributed by atoms with Gasteiger partial charge in [0.2, 0.25) is 11.9 Å². The van der Waals surface area contributed by atoms with E-state index in [0.29, 0.717) is 11.6 Å². The molecule has 2 aromatic heterocycles. The van der Waals surface area contributed by atoms with Crippen LogP contribution in [0.2, 0.25) is 0 Å². The van der Waals surface area contributed by atoms with E-state index in [0.717, 1.165) is 16.9 Å². The monoisotopic (exact) mass is 296 g/mol. The molecule has 0 bridgehead atoms. The first-order chi connectivity index (χ1) is 10.7. The number of nitrogens with one attached hydrogen (secondary N) is 1. The summed E-state index contributed by atoms with van der Waals surface area (Å²) in [6, 6.07) is 11.2. The highest BCUT2D eigenvalue weighted by atomic mass is 16.5. The van der Waals surface area contributed by atoms with Crippen molar-refractivity contribution in [2.75, 3.05) is 12.4 Å². The molecule has 112 valence electrons. The molecule has 0 unspecified atom stereocenters. The van der Waals surface area contributed by atoms with E-state index < -0.39 is 0 Å². The van der Waals surface area contributed by atoms with Gasteiger partial charge in [-0.1, -0.05) is 12.1 Å². The quantitative estimate of drug-likeness (QED) is 0.801. The Morgan fingerprint density at radius 2 is 2.00 bits per heavy atom. The lowest BCUT2D eigenvalue weighted by Crippen LogP contribution is -2.16. The van der Waals surface area contributed by atoms with Gasteiger partial charge in [0.05, 0.1) is 13.5 Å². The van der Waals surface area contributed by atoms with Gasteiger partial charge < -0.3 is 4.74 Å². The summed E-state index contributed by atoms with van der Waals surface area (Å²) in [5.41, 5.74) is 2.71. The number of carbonyl (C=O) groups excluding carboxylic acids is 1. The number of hydrogen-bond donors (Lipinski definition) is 1. The standard InChI is InChI=1S/C16H16N4O2/c1-11-7-8-20-14(9-11)18-19-16(20)17-15(21)10-12-3-5-13(22-2)6-4-12/h3-9H,10H2,1-2H3,(H,17,19,21). The maximum absolute atomic E-state index is 12.1. The van der Waals surface area contributed by atoms with Crippen molar-refractivity contribution in [1.82, 2.24) is 14.6 Å². The Bertz CT molecular complexity index is 809. The molecule has 1 aromatic carbocycles. The van der Waals surface area contributed by atoms with Crippen molar-refractivity contribution in [3.8, 4) is 5.75 Å². The van der Waals surface area contributed by atoms with E-state index >= 15 is 0 Å². The highest BCUT2D eigenvalue weighted by molar-refractivity contribution is 5.91. The summed E-state index contributed by atoms with van der Waals surface area (Å²) >= 11 is 0. The van der Waals surface area contributed by atoms with Gasteiger partial charge in [-0.25, -0.2) is 0 Å². The number of aromatic nitrogens is 3. The molecule has 3 rings (SSSR count). The highest BCUT2D eigenvalue weighted by Crippen LogP contribution is 2.13. The smallest absolute Gasteiger partial charge is 0.235 e. The number of anilines is 1. The third-order valence-corrected chi connectivity index (χ3v) is 3.34. The summed E-state index contributed by atoms with van der Waals surface area (Å²) in [5, 5.41) is 10.8. The summed E-state index contributed by atoms with van der Waals surface area (Å²) in [6.45, 7) is 1.98. The van der Waals surface area contributed by atoms with Crippen molar-refractivity contribution in [3.05, 3.63) is 53.7 Å². The van der Waals surface area contributed by atoms with Crippen LogP contribution in [0.1, 0.15) is 11.1 Å². The summed E-state index contributed by atoms with van der Waals surface area (Å²) in [7, 11) is 1.61. The van der Waals surface area contributed by atoms with Crippen molar-refractivity contribution in [2.45, 2.75) is 13.3 Å². The number of benzene rings is 1. The second-order valence-corrected chi connectivity index (χ2v) is 5.03. The van der Waals surface area contributed by atoms with Gasteiger partial charge in [0.1, 0.15) is 5.75 Å². The molecule has 0 aliphatic carbocycles. The number of aryl methyl sites for hydroxylation is 1. The molecular weight excluding hydrogens is 280 g/mol. The van der Waals surface area contributed by atoms with Crippen molar-refractivity contribution >= 4 is 17.5 Å². The Kier molecular flexibility index (Phi) is 3.74. The lowest BCUT2D eigenvalue weighted by Gasteiger charge is -2.05. The summed E-state index contributed by atoms with van der Waals surface area (Å²) in [6.07, 6.45) is 2.11. The number of hydrogen-bond acceptors (Lipinski definition) is 4. The highest BCUT2D eigenvalue weighted by Gasteiger charge is 2.10. The molecule has 0 radical (unpaired) electrons. The van der Waals surface area contributed by atoms with Crippen LogP contribution in [0.4, 0.5) is 5.95 Å². The van der Waals surface area contributed by atoms with Crippen molar-refractivity contribution < 1.29 is 9.53 Å². The van der Waals surface area contributed by atoms with Gasteiger partial charge in [0.15, 0.2) is 5.65 Å². The maximum atomic E-state index is 12.1. The number of amides is 1. The third kappa shape index (κ3) is 2.90. The fourth-order valence-electron chi connectivity index (χ4n) is 2.18. The molecule has 2 heterocycles. The maximum Gasteiger partial charge on any atom is 0.235 e. The van der Waals surface area contributed by atoms with Crippen LogP contribution in [0, 0.1) is 6.92 Å². The van der Waals surface area contributed by atoms with Gasteiger partial charge >= 0.3 is 0 Å². The zero-order chi connectivity index (χ0) is 15.5. The molecule has 0 fully saturated rings. The molecule has 0 saturated carbocycles. The van der Waals surface area contributed by atoms with Gasteiger partial charge in [-0.3, -0.25) is 14.5 Å². The zero-order valence-corrected chi connectivity index (χ0v) is 12.4.